The number of aryl methyl sites for hydroxylation is 2. The molecule has 0 heterocycles. The van der Waals surface area contributed by atoms with Crippen LogP contribution < -0.4 is 0 Å². The third-order valence-electron chi connectivity index (χ3n) is 4.90. The monoisotopic (exact) mass is 373 g/mol. The first-order valence-corrected chi connectivity index (χ1v) is 11.3. The fourth-order valence-corrected chi connectivity index (χ4v) is 3.33. The van der Waals surface area contributed by atoms with E-state index in [0.717, 1.165) is 6.42 Å². The van der Waals surface area contributed by atoms with Gasteiger partial charge in [-0.1, -0.05) is 119 Å². The third-order valence-corrected chi connectivity index (χ3v) is 4.90. The molecule has 0 saturated carbocycles. The van der Waals surface area contributed by atoms with Gasteiger partial charge >= 0.3 is 0 Å². The Hall–Kier alpha value is -0.975. The summed E-state index contributed by atoms with van der Waals surface area (Å²) in [5.41, 5.74) is 5.64. The molecule has 1 aromatic carbocycles. The highest BCUT2D eigenvalue weighted by Gasteiger charge is 2.31. The zero-order valence-electron chi connectivity index (χ0n) is 20.9. The summed E-state index contributed by atoms with van der Waals surface area (Å²) in [6.07, 6.45) is 4.85. The van der Waals surface area contributed by atoms with Crippen molar-refractivity contribution in [1.29, 1.82) is 0 Å². The van der Waals surface area contributed by atoms with Crippen LogP contribution in [-0.4, -0.2) is 7.28 Å². The second-order valence-corrected chi connectivity index (χ2v) is 7.19. The van der Waals surface area contributed by atoms with Crippen molar-refractivity contribution in [3.63, 3.8) is 0 Å². The molecule has 157 valence electrons. The van der Waals surface area contributed by atoms with Crippen LogP contribution in [0.25, 0.3) is 5.57 Å². The van der Waals surface area contributed by atoms with Gasteiger partial charge in [-0.3, -0.25) is 0 Å². The lowest BCUT2D eigenvalue weighted by Crippen LogP contribution is -2.25. The minimum atomic E-state index is 0.171. The molecular formula is C26H50B. The van der Waals surface area contributed by atoms with Crippen LogP contribution in [0.15, 0.2) is 24.8 Å². The topological polar surface area (TPSA) is 0 Å². The van der Waals surface area contributed by atoms with E-state index in [0.29, 0.717) is 5.92 Å². The average Bonchev–Trinajstić information content (AvgIpc) is 2.69. The fraction of sp³-hybridized carbons (Fsp3) is 0.692. The number of rotatable bonds is 7. The summed E-state index contributed by atoms with van der Waals surface area (Å²) in [5.74, 6) is 0.714. The smallest absolute Gasteiger partial charge is 0.0947 e. The van der Waals surface area contributed by atoms with Gasteiger partial charge in [0.2, 0.25) is 0 Å². The van der Waals surface area contributed by atoms with Crippen LogP contribution in [0.4, 0.5) is 0 Å². The minimum absolute atomic E-state index is 0.171. The maximum atomic E-state index is 4.49. The molecule has 0 bridgehead atoms. The first kappa shape index (κ1) is 30.7. The van der Waals surface area contributed by atoms with Gasteiger partial charge in [0.25, 0.3) is 0 Å². The number of hydrogen-bond acceptors (Lipinski definition) is 0. The molecule has 0 aromatic heterocycles. The van der Waals surface area contributed by atoms with Crippen molar-refractivity contribution in [2.24, 2.45) is 11.3 Å². The molecule has 1 heteroatoms. The molecule has 0 N–H and O–H groups in total. The Bertz CT molecular complexity index is 471. The quantitative estimate of drug-likeness (QED) is 0.418. The van der Waals surface area contributed by atoms with E-state index in [2.05, 4.69) is 66.3 Å². The predicted octanol–water partition coefficient (Wildman–Crippen LogP) is 9.26. The summed E-state index contributed by atoms with van der Waals surface area (Å²) in [6, 6.07) is 6.81. The van der Waals surface area contributed by atoms with Crippen molar-refractivity contribution in [1.82, 2.24) is 0 Å². The molecule has 1 aromatic rings. The summed E-state index contributed by atoms with van der Waals surface area (Å²) in [5, 5.41) is 0. The van der Waals surface area contributed by atoms with Gasteiger partial charge in [-0.15, -0.1) is 0 Å². The van der Waals surface area contributed by atoms with Crippen molar-refractivity contribution in [3.05, 3.63) is 41.5 Å². The predicted molar refractivity (Wildman–Crippen MR) is 132 cm³/mol. The zero-order chi connectivity index (χ0) is 22.0. The van der Waals surface area contributed by atoms with E-state index in [1.165, 1.54) is 41.5 Å². The largest absolute Gasteiger partial charge is 0.102 e. The lowest BCUT2D eigenvalue weighted by atomic mass is 9.68. The molecule has 0 saturated heterocycles. The van der Waals surface area contributed by atoms with Gasteiger partial charge in [0.05, 0.1) is 0 Å². The van der Waals surface area contributed by atoms with Gasteiger partial charge in [0.1, 0.15) is 7.28 Å². The Morgan fingerprint density at radius 2 is 1.52 bits per heavy atom. The fourth-order valence-electron chi connectivity index (χ4n) is 3.33. The molecule has 27 heavy (non-hydrogen) atoms. The Balaban J connectivity index is -0.000000725. The van der Waals surface area contributed by atoms with Crippen molar-refractivity contribution in [3.8, 4) is 0 Å². The molecule has 0 amide bonds. The first-order valence-electron chi connectivity index (χ1n) is 11.3. The SMILES string of the molecule is C=C(c1ccc(C)cc1CC)C(C)(C)C(CC)CCC.CC.CC.C[B]C. The van der Waals surface area contributed by atoms with E-state index in [4.69, 9.17) is 0 Å². The number of benzene rings is 1. The molecule has 0 aliphatic heterocycles. The van der Waals surface area contributed by atoms with Crippen molar-refractivity contribution >= 4 is 12.9 Å². The van der Waals surface area contributed by atoms with E-state index >= 15 is 0 Å². The van der Waals surface area contributed by atoms with Crippen LogP contribution in [0, 0.1) is 18.3 Å². The molecule has 1 unspecified atom stereocenters. The van der Waals surface area contributed by atoms with Gasteiger partial charge in [0.15, 0.2) is 0 Å². The van der Waals surface area contributed by atoms with Crippen molar-refractivity contribution in [2.75, 3.05) is 0 Å². The Morgan fingerprint density at radius 3 is 1.89 bits per heavy atom. The molecule has 0 nitrogen and oxygen atoms in total. The molecule has 1 atom stereocenters. The highest BCUT2D eigenvalue weighted by Crippen LogP contribution is 2.44. The average molecular weight is 373 g/mol. The standard InChI is InChI=1S/C20H32.C2H6B.2C2H6/c1-8-11-18(10-3)20(6,7)16(5)19-13-12-15(4)14-17(19)9-2;1-3-2;2*1-2/h12-14,18H,5,8-11H2,1-4,6-7H3;1-2H3;2*1-2H3. The van der Waals surface area contributed by atoms with E-state index in [1.54, 1.807) is 0 Å². The van der Waals surface area contributed by atoms with Crippen LogP contribution in [0.3, 0.4) is 0 Å². The lowest BCUT2D eigenvalue weighted by molar-refractivity contribution is 0.268. The third kappa shape index (κ3) is 10.8. The van der Waals surface area contributed by atoms with Crippen molar-refractivity contribution < 1.29 is 0 Å². The highest BCUT2D eigenvalue weighted by molar-refractivity contribution is 6.31. The zero-order valence-corrected chi connectivity index (χ0v) is 20.9. The maximum absolute atomic E-state index is 4.49. The normalized spacial score (nSPS) is 10.8. The molecule has 0 fully saturated rings. The molecule has 0 spiro atoms. The van der Waals surface area contributed by atoms with Gasteiger partial charge in [0, 0.05) is 0 Å². The van der Waals surface area contributed by atoms with E-state index in [1.807, 2.05) is 48.6 Å². The molecule has 1 rings (SSSR count). The molecule has 1 radical (unpaired) electrons. The Labute approximate surface area is 174 Å². The summed E-state index contributed by atoms with van der Waals surface area (Å²) < 4.78 is 0. The van der Waals surface area contributed by atoms with Gasteiger partial charge in [-0.05, 0) is 47.8 Å². The number of allylic oxidation sites excluding steroid dienone is 1. The van der Waals surface area contributed by atoms with Gasteiger partial charge < -0.3 is 0 Å². The highest BCUT2D eigenvalue weighted by atomic mass is 14.4. The van der Waals surface area contributed by atoms with Gasteiger partial charge in [-0.25, -0.2) is 0 Å². The summed E-state index contributed by atoms with van der Waals surface area (Å²) in [7, 11) is 2.00. The maximum Gasteiger partial charge on any atom is 0.102 e. The number of hydrogen-bond donors (Lipinski definition) is 0. The molecule has 0 aliphatic carbocycles. The second-order valence-electron chi connectivity index (χ2n) is 7.19. The van der Waals surface area contributed by atoms with Crippen LogP contribution in [0.5, 0.6) is 0 Å². The summed E-state index contributed by atoms with van der Waals surface area (Å²) >= 11 is 0. The van der Waals surface area contributed by atoms with Crippen LogP contribution in [0.1, 0.15) is 98.3 Å². The van der Waals surface area contributed by atoms with Crippen LogP contribution in [0.2, 0.25) is 13.6 Å². The summed E-state index contributed by atoms with van der Waals surface area (Å²) in [6.45, 7) is 30.2. The molecular weight excluding hydrogens is 323 g/mol. The van der Waals surface area contributed by atoms with E-state index in [9.17, 15) is 0 Å². The Kier molecular flexibility index (Phi) is 20.9. The van der Waals surface area contributed by atoms with Crippen LogP contribution >= 0.6 is 0 Å². The lowest BCUT2D eigenvalue weighted by Gasteiger charge is -2.37. The van der Waals surface area contributed by atoms with Gasteiger partial charge in [-0.2, -0.15) is 0 Å². The first-order chi connectivity index (χ1) is 12.8. The Morgan fingerprint density at radius 1 is 1.04 bits per heavy atom. The summed E-state index contributed by atoms with van der Waals surface area (Å²) in [4.78, 5) is 0. The van der Waals surface area contributed by atoms with E-state index < -0.39 is 0 Å². The molecule has 0 aliphatic rings. The second kappa shape index (κ2) is 18.4. The minimum Gasteiger partial charge on any atom is -0.0947 e. The van der Waals surface area contributed by atoms with Crippen LogP contribution in [-0.2, 0) is 6.42 Å². The van der Waals surface area contributed by atoms with Crippen molar-refractivity contribution in [2.45, 2.75) is 109 Å². The van der Waals surface area contributed by atoms with E-state index in [-0.39, 0.29) is 5.41 Å².